The highest BCUT2D eigenvalue weighted by atomic mass is 15.2. The van der Waals surface area contributed by atoms with Crippen molar-refractivity contribution in [2.45, 2.75) is 64.5 Å². The van der Waals surface area contributed by atoms with E-state index in [1.165, 1.54) is 38.6 Å². The Hall–Kier alpha value is -0.0800. The van der Waals surface area contributed by atoms with Gasteiger partial charge in [0.2, 0.25) is 0 Å². The second kappa shape index (κ2) is 4.66. The molecular weight excluding hydrogens is 196 g/mol. The molecule has 3 unspecified atom stereocenters. The van der Waals surface area contributed by atoms with Gasteiger partial charge in [0.05, 0.1) is 0 Å². The summed E-state index contributed by atoms with van der Waals surface area (Å²) < 4.78 is 0. The number of hydrogen-bond acceptors (Lipinski definition) is 2. The van der Waals surface area contributed by atoms with Crippen LogP contribution in [-0.4, -0.2) is 29.6 Å². The highest BCUT2D eigenvalue weighted by Crippen LogP contribution is 2.46. The molecule has 2 rings (SSSR count). The average Bonchev–Trinajstić information content (AvgIpc) is 3.10. The number of nitrogens with zero attached hydrogens (tertiary/aromatic N) is 1. The Morgan fingerprint density at radius 2 is 1.88 bits per heavy atom. The molecule has 94 valence electrons. The number of rotatable bonds is 4. The van der Waals surface area contributed by atoms with Crippen LogP contribution in [0, 0.1) is 11.8 Å². The Bertz CT molecular complexity index is 231. The van der Waals surface area contributed by atoms with E-state index in [-0.39, 0.29) is 0 Å². The zero-order chi connectivity index (χ0) is 11.8. The van der Waals surface area contributed by atoms with Crippen molar-refractivity contribution < 1.29 is 0 Å². The maximum atomic E-state index is 6.16. The van der Waals surface area contributed by atoms with Crippen molar-refractivity contribution in [3.05, 3.63) is 0 Å². The molecule has 0 aromatic carbocycles. The van der Waals surface area contributed by atoms with Crippen LogP contribution in [-0.2, 0) is 0 Å². The van der Waals surface area contributed by atoms with E-state index >= 15 is 0 Å². The van der Waals surface area contributed by atoms with Gasteiger partial charge < -0.3 is 5.73 Å². The molecule has 1 aliphatic heterocycles. The smallest absolute Gasteiger partial charge is 0.0360 e. The van der Waals surface area contributed by atoms with Gasteiger partial charge in [-0.05, 0) is 50.9 Å². The van der Waals surface area contributed by atoms with E-state index in [1.54, 1.807) is 0 Å². The standard InChI is InChI=1S/C14H28N2/c1-4-14(10-15,13-7-8-13)16-9-11(2)5-6-12(16)3/h11-13H,4-10,15H2,1-3H3. The van der Waals surface area contributed by atoms with Crippen molar-refractivity contribution in [2.75, 3.05) is 13.1 Å². The predicted molar refractivity (Wildman–Crippen MR) is 69.4 cm³/mol. The summed E-state index contributed by atoms with van der Waals surface area (Å²) in [6.45, 7) is 9.24. The molecule has 16 heavy (non-hydrogen) atoms. The van der Waals surface area contributed by atoms with E-state index in [0.717, 1.165) is 24.4 Å². The average molecular weight is 224 g/mol. The van der Waals surface area contributed by atoms with Crippen molar-refractivity contribution in [3.8, 4) is 0 Å². The minimum Gasteiger partial charge on any atom is -0.329 e. The van der Waals surface area contributed by atoms with Crippen LogP contribution in [0.3, 0.4) is 0 Å². The summed E-state index contributed by atoms with van der Waals surface area (Å²) in [7, 11) is 0. The van der Waals surface area contributed by atoms with Crippen LogP contribution in [0.2, 0.25) is 0 Å². The van der Waals surface area contributed by atoms with Gasteiger partial charge in [-0.25, -0.2) is 0 Å². The molecular formula is C14H28N2. The summed E-state index contributed by atoms with van der Waals surface area (Å²) in [4.78, 5) is 2.76. The van der Waals surface area contributed by atoms with Gasteiger partial charge in [0.1, 0.15) is 0 Å². The first-order valence-corrected chi connectivity index (χ1v) is 7.11. The lowest BCUT2D eigenvalue weighted by molar-refractivity contribution is -0.00666. The lowest BCUT2D eigenvalue weighted by atomic mass is 9.82. The highest BCUT2D eigenvalue weighted by Gasteiger charge is 2.49. The third-order valence-electron chi connectivity index (χ3n) is 4.99. The van der Waals surface area contributed by atoms with Gasteiger partial charge in [-0.2, -0.15) is 0 Å². The van der Waals surface area contributed by atoms with Crippen molar-refractivity contribution in [1.82, 2.24) is 4.90 Å². The lowest BCUT2D eigenvalue weighted by Crippen LogP contribution is -2.61. The van der Waals surface area contributed by atoms with E-state index in [4.69, 9.17) is 5.73 Å². The van der Waals surface area contributed by atoms with Gasteiger partial charge in [0.15, 0.2) is 0 Å². The van der Waals surface area contributed by atoms with Crippen LogP contribution in [0.5, 0.6) is 0 Å². The van der Waals surface area contributed by atoms with Gasteiger partial charge >= 0.3 is 0 Å². The number of piperidine rings is 1. The fourth-order valence-corrected chi connectivity index (χ4v) is 3.68. The molecule has 1 saturated heterocycles. The molecule has 1 aliphatic carbocycles. The summed E-state index contributed by atoms with van der Waals surface area (Å²) in [6, 6.07) is 0.736. The Kier molecular flexibility index (Phi) is 3.60. The first-order valence-electron chi connectivity index (χ1n) is 7.11. The van der Waals surface area contributed by atoms with Crippen LogP contribution < -0.4 is 5.73 Å². The van der Waals surface area contributed by atoms with Crippen LogP contribution >= 0.6 is 0 Å². The Morgan fingerprint density at radius 3 is 2.38 bits per heavy atom. The summed E-state index contributed by atoms with van der Waals surface area (Å²) in [6.07, 6.45) is 6.79. The number of hydrogen-bond donors (Lipinski definition) is 1. The molecule has 1 heterocycles. The molecule has 2 nitrogen and oxygen atoms in total. The summed E-state index contributed by atoms with van der Waals surface area (Å²) >= 11 is 0. The molecule has 0 amide bonds. The van der Waals surface area contributed by atoms with Crippen molar-refractivity contribution >= 4 is 0 Å². The monoisotopic (exact) mass is 224 g/mol. The van der Waals surface area contributed by atoms with E-state index in [0.29, 0.717) is 5.54 Å². The molecule has 1 saturated carbocycles. The molecule has 2 N–H and O–H groups in total. The van der Waals surface area contributed by atoms with Crippen LogP contribution in [0.4, 0.5) is 0 Å². The van der Waals surface area contributed by atoms with E-state index in [9.17, 15) is 0 Å². The largest absolute Gasteiger partial charge is 0.329 e. The SMILES string of the molecule is CCC(CN)(C1CC1)N1CC(C)CCC1C. The third-order valence-corrected chi connectivity index (χ3v) is 4.99. The van der Waals surface area contributed by atoms with Gasteiger partial charge in [-0.1, -0.05) is 13.8 Å². The maximum Gasteiger partial charge on any atom is 0.0360 e. The number of nitrogens with two attached hydrogens (primary N) is 1. The topological polar surface area (TPSA) is 29.3 Å². The molecule has 3 atom stereocenters. The van der Waals surface area contributed by atoms with Gasteiger partial charge in [-0.3, -0.25) is 4.90 Å². The molecule has 0 aromatic heterocycles. The second-order valence-electron chi connectivity index (χ2n) is 6.12. The van der Waals surface area contributed by atoms with Crippen LogP contribution in [0.15, 0.2) is 0 Å². The minimum absolute atomic E-state index is 0.327. The molecule has 0 bridgehead atoms. The molecule has 2 heteroatoms. The summed E-state index contributed by atoms with van der Waals surface area (Å²) in [5.41, 5.74) is 6.48. The van der Waals surface area contributed by atoms with Crippen LogP contribution in [0.25, 0.3) is 0 Å². The van der Waals surface area contributed by atoms with Crippen molar-refractivity contribution in [2.24, 2.45) is 17.6 Å². The van der Waals surface area contributed by atoms with Crippen molar-refractivity contribution in [3.63, 3.8) is 0 Å². The number of likely N-dealkylation sites (tertiary alicyclic amines) is 1. The van der Waals surface area contributed by atoms with Gasteiger partial charge in [0, 0.05) is 24.7 Å². The van der Waals surface area contributed by atoms with Crippen molar-refractivity contribution in [1.29, 1.82) is 0 Å². The zero-order valence-electron chi connectivity index (χ0n) is 11.2. The summed E-state index contributed by atoms with van der Waals surface area (Å²) in [5.74, 6) is 1.74. The molecule has 0 aromatic rings. The predicted octanol–water partition coefficient (Wildman–Crippen LogP) is 2.62. The Balaban J connectivity index is 2.17. The quantitative estimate of drug-likeness (QED) is 0.795. The van der Waals surface area contributed by atoms with E-state index < -0.39 is 0 Å². The van der Waals surface area contributed by atoms with Gasteiger partial charge in [0.25, 0.3) is 0 Å². The van der Waals surface area contributed by atoms with Gasteiger partial charge in [-0.15, -0.1) is 0 Å². The lowest BCUT2D eigenvalue weighted by Gasteiger charge is -2.50. The van der Waals surface area contributed by atoms with E-state index in [1.807, 2.05) is 0 Å². The minimum atomic E-state index is 0.327. The Morgan fingerprint density at radius 1 is 1.19 bits per heavy atom. The zero-order valence-corrected chi connectivity index (χ0v) is 11.2. The second-order valence-corrected chi connectivity index (χ2v) is 6.12. The fourth-order valence-electron chi connectivity index (χ4n) is 3.68. The first kappa shape index (κ1) is 12.4. The van der Waals surface area contributed by atoms with E-state index in [2.05, 4.69) is 25.7 Å². The Labute approximate surface area is 101 Å². The molecule has 0 radical (unpaired) electrons. The first-order chi connectivity index (χ1) is 7.64. The molecule has 2 fully saturated rings. The highest BCUT2D eigenvalue weighted by molar-refractivity contribution is 5.05. The maximum absolute atomic E-state index is 6.16. The normalized spacial score (nSPS) is 36.0. The van der Waals surface area contributed by atoms with Crippen LogP contribution in [0.1, 0.15) is 52.9 Å². The fraction of sp³-hybridized carbons (Fsp3) is 1.00. The summed E-state index contributed by atoms with van der Waals surface area (Å²) in [5, 5.41) is 0. The third kappa shape index (κ3) is 2.02. The molecule has 0 spiro atoms. The molecule has 2 aliphatic rings.